The molecule has 2 heteroatoms. The van der Waals surface area contributed by atoms with Crippen molar-refractivity contribution in [1.29, 1.82) is 0 Å². The average molecular weight is 222 g/mol. The lowest BCUT2D eigenvalue weighted by atomic mass is 9.56. The number of ether oxygens (including phenoxy) is 2. The van der Waals surface area contributed by atoms with E-state index in [0.717, 1.165) is 23.2 Å². The van der Waals surface area contributed by atoms with Crippen LogP contribution in [0.25, 0.3) is 0 Å². The Morgan fingerprint density at radius 1 is 1.12 bits per heavy atom. The lowest BCUT2D eigenvalue weighted by molar-refractivity contribution is -0.201. The van der Waals surface area contributed by atoms with Gasteiger partial charge < -0.3 is 9.47 Å². The summed E-state index contributed by atoms with van der Waals surface area (Å²) in [6.07, 6.45) is 8.49. The van der Waals surface area contributed by atoms with Crippen LogP contribution in [0.1, 0.15) is 45.4 Å². The molecule has 4 aliphatic rings. The van der Waals surface area contributed by atoms with Crippen molar-refractivity contribution < 1.29 is 9.47 Å². The van der Waals surface area contributed by atoms with E-state index in [1.165, 1.54) is 38.5 Å². The van der Waals surface area contributed by atoms with Crippen molar-refractivity contribution >= 4 is 0 Å². The Morgan fingerprint density at radius 2 is 2.00 bits per heavy atom. The molecule has 0 radical (unpaired) electrons. The first-order valence-corrected chi connectivity index (χ1v) is 6.86. The number of hydrogen-bond donors (Lipinski definition) is 0. The third-order valence-electron chi connectivity index (χ3n) is 6.16. The summed E-state index contributed by atoms with van der Waals surface area (Å²) in [5, 5.41) is 0. The fourth-order valence-electron chi connectivity index (χ4n) is 5.82. The highest BCUT2D eigenvalue weighted by Gasteiger charge is 2.71. The molecule has 1 spiro atoms. The van der Waals surface area contributed by atoms with Crippen LogP contribution in [0.5, 0.6) is 0 Å². The predicted molar refractivity (Wildman–Crippen MR) is 60.9 cm³/mol. The van der Waals surface area contributed by atoms with Gasteiger partial charge in [-0.05, 0) is 68.6 Å². The van der Waals surface area contributed by atoms with E-state index in [1.54, 1.807) is 7.11 Å². The predicted octanol–water partition coefficient (Wildman–Crippen LogP) is 2.96. The minimum atomic E-state index is -0.0233. The second-order valence-corrected chi connectivity index (χ2v) is 6.86. The van der Waals surface area contributed by atoms with Crippen molar-refractivity contribution in [2.75, 3.05) is 7.11 Å². The van der Waals surface area contributed by atoms with E-state index in [-0.39, 0.29) is 11.9 Å². The van der Waals surface area contributed by atoms with Gasteiger partial charge in [-0.15, -0.1) is 0 Å². The summed E-state index contributed by atoms with van der Waals surface area (Å²) in [5.74, 6) is 3.03. The molecule has 0 N–H and O–H groups in total. The second kappa shape index (κ2) is 2.84. The Bertz CT molecular complexity index is 325. The monoisotopic (exact) mass is 222 g/mol. The van der Waals surface area contributed by atoms with Gasteiger partial charge in [0.1, 0.15) is 0 Å². The number of fused-ring (bicyclic) bond motifs is 2. The quantitative estimate of drug-likeness (QED) is 0.683. The van der Waals surface area contributed by atoms with Crippen LogP contribution >= 0.6 is 0 Å². The Hall–Kier alpha value is -0.0800. The van der Waals surface area contributed by atoms with Gasteiger partial charge in [0.2, 0.25) is 0 Å². The molecule has 4 saturated carbocycles. The molecule has 0 amide bonds. The van der Waals surface area contributed by atoms with Crippen molar-refractivity contribution in [3.63, 3.8) is 0 Å². The molecule has 0 aromatic carbocycles. The molecule has 0 aromatic heterocycles. The normalized spacial score (nSPS) is 58.5. The standard InChI is InChI=1S/C14H22O2/c1-9(15-2)16-13-5-10-3-11-4-12(7-13)14(11,6-10)8-13/h9-12H,3-8H2,1-2H3. The first kappa shape index (κ1) is 9.90. The summed E-state index contributed by atoms with van der Waals surface area (Å²) in [6, 6.07) is 0. The molecule has 4 fully saturated rings. The van der Waals surface area contributed by atoms with Crippen LogP contribution in [0, 0.1) is 23.2 Å². The van der Waals surface area contributed by atoms with Gasteiger partial charge in [0.25, 0.3) is 0 Å². The number of rotatable bonds is 3. The highest BCUT2D eigenvalue weighted by Crippen LogP contribution is 2.77. The van der Waals surface area contributed by atoms with E-state index >= 15 is 0 Å². The minimum Gasteiger partial charge on any atom is -0.356 e. The molecule has 4 rings (SSSR count). The van der Waals surface area contributed by atoms with Crippen molar-refractivity contribution in [3.8, 4) is 0 Å². The van der Waals surface area contributed by atoms with Gasteiger partial charge in [-0.3, -0.25) is 0 Å². The summed E-state index contributed by atoms with van der Waals surface area (Å²) in [4.78, 5) is 0. The SMILES string of the molecule is COC(C)OC12CC3CC4CC(C1)C4(C3)C2. The molecule has 3 bridgehead atoms. The van der Waals surface area contributed by atoms with Gasteiger partial charge >= 0.3 is 0 Å². The fourth-order valence-corrected chi connectivity index (χ4v) is 5.82. The van der Waals surface area contributed by atoms with Gasteiger partial charge in [0.05, 0.1) is 5.60 Å². The zero-order valence-corrected chi connectivity index (χ0v) is 10.4. The Labute approximate surface area is 97.7 Å². The topological polar surface area (TPSA) is 18.5 Å². The largest absolute Gasteiger partial charge is 0.356 e. The third kappa shape index (κ3) is 1.01. The van der Waals surface area contributed by atoms with Crippen molar-refractivity contribution in [3.05, 3.63) is 0 Å². The molecule has 90 valence electrons. The van der Waals surface area contributed by atoms with Crippen LogP contribution in [0.2, 0.25) is 0 Å². The van der Waals surface area contributed by atoms with Gasteiger partial charge in [-0.1, -0.05) is 0 Å². The highest BCUT2D eigenvalue weighted by atomic mass is 16.7. The van der Waals surface area contributed by atoms with E-state index in [0.29, 0.717) is 0 Å². The summed E-state index contributed by atoms with van der Waals surface area (Å²) in [5.41, 5.74) is 0.935. The smallest absolute Gasteiger partial charge is 0.155 e. The molecule has 6 unspecified atom stereocenters. The van der Waals surface area contributed by atoms with Crippen LogP contribution in [0.15, 0.2) is 0 Å². The van der Waals surface area contributed by atoms with E-state index < -0.39 is 0 Å². The summed E-state index contributed by atoms with van der Waals surface area (Å²) < 4.78 is 11.6. The van der Waals surface area contributed by atoms with Gasteiger partial charge in [0.15, 0.2) is 6.29 Å². The summed E-state index contributed by atoms with van der Waals surface area (Å²) in [6.45, 7) is 2.04. The number of hydrogen-bond acceptors (Lipinski definition) is 2. The van der Waals surface area contributed by atoms with E-state index in [9.17, 15) is 0 Å². The van der Waals surface area contributed by atoms with E-state index in [4.69, 9.17) is 9.47 Å². The lowest BCUT2D eigenvalue weighted by Gasteiger charge is -2.49. The Balaban J connectivity index is 1.63. The first-order chi connectivity index (χ1) is 7.66. The summed E-state index contributed by atoms with van der Waals surface area (Å²) in [7, 11) is 1.75. The molecule has 0 aromatic rings. The molecular formula is C14H22O2. The average Bonchev–Trinajstić information content (AvgIpc) is 2.54. The van der Waals surface area contributed by atoms with Crippen LogP contribution < -0.4 is 0 Å². The fraction of sp³-hybridized carbons (Fsp3) is 1.00. The molecule has 0 aliphatic heterocycles. The van der Waals surface area contributed by atoms with Crippen LogP contribution in [0.4, 0.5) is 0 Å². The first-order valence-electron chi connectivity index (χ1n) is 6.86. The van der Waals surface area contributed by atoms with Gasteiger partial charge in [-0.2, -0.15) is 0 Å². The van der Waals surface area contributed by atoms with Crippen LogP contribution in [0.3, 0.4) is 0 Å². The molecule has 2 nitrogen and oxygen atoms in total. The number of methoxy groups -OCH3 is 1. The molecule has 16 heavy (non-hydrogen) atoms. The molecule has 6 atom stereocenters. The maximum Gasteiger partial charge on any atom is 0.155 e. The Kier molecular flexibility index (Phi) is 1.76. The Morgan fingerprint density at radius 3 is 2.81 bits per heavy atom. The highest BCUT2D eigenvalue weighted by molar-refractivity contribution is 5.21. The molecular weight excluding hydrogens is 200 g/mol. The van der Waals surface area contributed by atoms with E-state index in [2.05, 4.69) is 0 Å². The third-order valence-corrected chi connectivity index (χ3v) is 6.16. The maximum atomic E-state index is 6.27. The lowest BCUT2D eigenvalue weighted by Crippen LogP contribution is -2.43. The van der Waals surface area contributed by atoms with Crippen LogP contribution in [-0.2, 0) is 9.47 Å². The summed E-state index contributed by atoms with van der Waals surface area (Å²) >= 11 is 0. The molecule has 0 saturated heterocycles. The zero-order chi connectivity index (χ0) is 11.0. The van der Waals surface area contributed by atoms with Crippen LogP contribution in [-0.4, -0.2) is 19.0 Å². The van der Waals surface area contributed by atoms with Crippen molar-refractivity contribution in [2.24, 2.45) is 23.2 Å². The zero-order valence-electron chi connectivity index (χ0n) is 10.4. The van der Waals surface area contributed by atoms with E-state index in [1.807, 2.05) is 6.92 Å². The maximum absolute atomic E-state index is 6.27. The molecule has 4 aliphatic carbocycles. The van der Waals surface area contributed by atoms with Crippen molar-refractivity contribution in [1.82, 2.24) is 0 Å². The van der Waals surface area contributed by atoms with Gasteiger partial charge in [-0.25, -0.2) is 0 Å². The van der Waals surface area contributed by atoms with Gasteiger partial charge in [0, 0.05) is 7.11 Å². The minimum absolute atomic E-state index is 0.0233. The van der Waals surface area contributed by atoms with Crippen molar-refractivity contribution in [2.45, 2.75) is 57.3 Å². The second-order valence-electron chi connectivity index (χ2n) is 6.86. The molecule has 0 heterocycles.